The lowest BCUT2D eigenvalue weighted by atomic mass is 10.1. The molecular formula is C11H10F6N2O. The molecular weight excluding hydrogens is 290 g/mol. The highest BCUT2D eigenvalue weighted by Gasteiger charge is 2.33. The van der Waals surface area contributed by atoms with Crippen molar-refractivity contribution in [3.05, 3.63) is 29.8 Å². The molecule has 0 aliphatic carbocycles. The van der Waals surface area contributed by atoms with E-state index in [9.17, 15) is 31.1 Å². The minimum absolute atomic E-state index is 0.501. The summed E-state index contributed by atoms with van der Waals surface area (Å²) in [6.45, 7) is -2.15. The maximum Gasteiger partial charge on any atom is 0.418 e. The van der Waals surface area contributed by atoms with Gasteiger partial charge in [0.25, 0.3) is 0 Å². The second-order valence-corrected chi connectivity index (χ2v) is 3.81. The Morgan fingerprint density at radius 2 is 1.65 bits per heavy atom. The van der Waals surface area contributed by atoms with Crippen LogP contribution in [0.2, 0.25) is 0 Å². The van der Waals surface area contributed by atoms with Gasteiger partial charge in [-0.25, -0.2) is 0 Å². The second-order valence-electron chi connectivity index (χ2n) is 3.81. The van der Waals surface area contributed by atoms with Crippen LogP contribution >= 0.6 is 0 Å². The van der Waals surface area contributed by atoms with Crippen molar-refractivity contribution in [2.24, 2.45) is 0 Å². The summed E-state index contributed by atoms with van der Waals surface area (Å²) in [5.74, 6) is -0.994. The Morgan fingerprint density at radius 3 is 2.20 bits per heavy atom. The number of anilines is 1. The Hall–Kier alpha value is -1.77. The summed E-state index contributed by atoms with van der Waals surface area (Å²) in [6.07, 6.45) is -9.16. The molecule has 1 amide bonds. The third-order valence-electron chi connectivity index (χ3n) is 2.12. The number of carbonyl (C=O) groups is 1. The van der Waals surface area contributed by atoms with Crippen LogP contribution in [0.25, 0.3) is 0 Å². The monoisotopic (exact) mass is 300 g/mol. The average Bonchev–Trinajstić information content (AvgIpc) is 2.26. The summed E-state index contributed by atoms with van der Waals surface area (Å²) < 4.78 is 73.2. The molecule has 1 rings (SSSR count). The number of halogens is 6. The molecule has 1 aromatic carbocycles. The van der Waals surface area contributed by atoms with E-state index < -0.39 is 42.6 Å². The van der Waals surface area contributed by atoms with E-state index in [1.165, 1.54) is 6.07 Å². The lowest BCUT2D eigenvalue weighted by Gasteiger charge is -2.14. The molecule has 112 valence electrons. The molecule has 0 radical (unpaired) electrons. The number of rotatable bonds is 4. The van der Waals surface area contributed by atoms with Crippen LogP contribution in [0.1, 0.15) is 5.56 Å². The minimum atomic E-state index is -4.66. The summed E-state index contributed by atoms with van der Waals surface area (Å²) in [5.41, 5.74) is -1.57. The SMILES string of the molecule is O=C(CNCC(F)(F)F)Nc1ccccc1C(F)(F)F. The van der Waals surface area contributed by atoms with Crippen molar-refractivity contribution in [2.45, 2.75) is 12.4 Å². The Bertz CT molecular complexity index is 469. The van der Waals surface area contributed by atoms with Crippen LogP contribution in [0.3, 0.4) is 0 Å². The Kier molecular flexibility index (Phi) is 4.98. The van der Waals surface area contributed by atoms with Crippen LogP contribution in [0.15, 0.2) is 24.3 Å². The minimum Gasteiger partial charge on any atom is -0.324 e. The van der Waals surface area contributed by atoms with E-state index in [1.807, 2.05) is 5.32 Å². The number of hydrogen-bond acceptors (Lipinski definition) is 2. The first-order chi connectivity index (χ1) is 9.09. The molecule has 0 saturated carbocycles. The van der Waals surface area contributed by atoms with Crippen molar-refractivity contribution in [3.63, 3.8) is 0 Å². The zero-order valence-corrected chi connectivity index (χ0v) is 9.90. The second kappa shape index (κ2) is 6.12. The van der Waals surface area contributed by atoms with Gasteiger partial charge < -0.3 is 10.6 Å². The summed E-state index contributed by atoms with van der Waals surface area (Å²) in [5, 5.41) is 3.70. The number of nitrogens with one attached hydrogen (secondary N) is 2. The van der Waals surface area contributed by atoms with Crippen molar-refractivity contribution in [1.29, 1.82) is 0 Å². The first-order valence-corrected chi connectivity index (χ1v) is 5.33. The standard InChI is InChI=1S/C11H10F6N2O/c12-10(13,14)6-18-5-9(20)19-8-4-2-1-3-7(8)11(15,16)17/h1-4,18H,5-6H2,(H,19,20). The third-order valence-corrected chi connectivity index (χ3v) is 2.12. The molecule has 0 aliphatic heterocycles. The highest BCUT2D eigenvalue weighted by atomic mass is 19.4. The smallest absolute Gasteiger partial charge is 0.324 e. The number of hydrogen-bond donors (Lipinski definition) is 2. The first-order valence-electron chi connectivity index (χ1n) is 5.33. The van der Waals surface area contributed by atoms with Crippen LogP contribution in [0.5, 0.6) is 0 Å². The van der Waals surface area contributed by atoms with Gasteiger partial charge in [0.2, 0.25) is 5.91 Å². The zero-order chi connectivity index (χ0) is 15.4. The van der Waals surface area contributed by atoms with E-state index in [0.29, 0.717) is 0 Å². The molecule has 1 aromatic rings. The van der Waals surface area contributed by atoms with Gasteiger partial charge in [-0.3, -0.25) is 4.79 Å². The largest absolute Gasteiger partial charge is 0.418 e. The fourth-order valence-corrected chi connectivity index (χ4v) is 1.35. The molecule has 0 aliphatic rings. The molecule has 9 heteroatoms. The van der Waals surface area contributed by atoms with E-state index >= 15 is 0 Å². The van der Waals surface area contributed by atoms with Crippen molar-refractivity contribution >= 4 is 11.6 Å². The number of benzene rings is 1. The maximum atomic E-state index is 12.6. The molecule has 0 unspecified atom stereocenters. The van der Waals surface area contributed by atoms with Gasteiger partial charge in [-0.2, -0.15) is 26.3 Å². The molecule has 2 N–H and O–H groups in total. The van der Waals surface area contributed by atoms with Gasteiger partial charge in [-0.05, 0) is 12.1 Å². The summed E-state index contributed by atoms with van der Waals surface area (Å²) in [7, 11) is 0. The predicted molar refractivity (Wildman–Crippen MR) is 59.0 cm³/mol. The van der Waals surface area contributed by atoms with Crippen molar-refractivity contribution in [3.8, 4) is 0 Å². The number of para-hydroxylation sites is 1. The van der Waals surface area contributed by atoms with E-state index in [-0.39, 0.29) is 0 Å². The maximum absolute atomic E-state index is 12.6. The lowest BCUT2D eigenvalue weighted by molar-refractivity contribution is -0.137. The van der Waals surface area contributed by atoms with Gasteiger partial charge in [-0.1, -0.05) is 12.1 Å². The number of carbonyl (C=O) groups excluding carboxylic acids is 1. The fourth-order valence-electron chi connectivity index (χ4n) is 1.35. The highest BCUT2D eigenvalue weighted by molar-refractivity contribution is 5.93. The van der Waals surface area contributed by atoms with Crippen LogP contribution in [-0.4, -0.2) is 25.2 Å². The predicted octanol–water partition coefficient (Wildman–Crippen LogP) is 2.80. The first kappa shape index (κ1) is 16.3. The molecule has 20 heavy (non-hydrogen) atoms. The van der Waals surface area contributed by atoms with E-state index in [4.69, 9.17) is 0 Å². The summed E-state index contributed by atoms with van der Waals surface area (Å²) in [6, 6.07) is 4.19. The van der Waals surface area contributed by atoms with Crippen LogP contribution in [0.4, 0.5) is 32.0 Å². The lowest BCUT2D eigenvalue weighted by Crippen LogP contribution is -2.35. The molecule has 0 fully saturated rings. The topological polar surface area (TPSA) is 41.1 Å². The third kappa shape index (κ3) is 5.47. The van der Waals surface area contributed by atoms with Gasteiger partial charge in [-0.15, -0.1) is 0 Å². The summed E-state index contributed by atoms with van der Waals surface area (Å²) >= 11 is 0. The summed E-state index contributed by atoms with van der Waals surface area (Å²) in [4.78, 5) is 11.3. The molecule has 3 nitrogen and oxygen atoms in total. The van der Waals surface area contributed by atoms with Crippen molar-refractivity contribution in [1.82, 2.24) is 5.32 Å². The number of amides is 1. The Morgan fingerprint density at radius 1 is 1.05 bits per heavy atom. The van der Waals surface area contributed by atoms with Gasteiger partial charge in [0, 0.05) is 0 Å². The molecule has 0 heterocycles. The average molecular weight is 300 g/mol. The highest BCUT2D eigenvalue weighted by Crippen LogP contribution is 2.34. The van der Waals surface area contributed by atoms with E-state index in [0.717, 1.165) is 18.2 Å². The zero-order valence-electron chi connectivity index (χ0n) is 9.90. The van der Waals surface area contributed by atoms with Crippen molar-refractivity contribution in [2.75, 3.05) is 18.4 Å². The molecule has 0 bridgehead atoms. The molecule has 0 saturated heterocycles. The van der Waals surface area contributed by atoms with Gasteiger partial charge >= 0.3 is 12.4 Å². The Labute approximate surface area is 110 Å². The van der Waals surface area contributed by atoms with Crippen LogP contribution < -0.4 is 10.6 Å². The van der Waals surface area contributed by atoms with Crippen LogP contribution in [-0.2, 0) is 11.0 Å². The van der Waals surface area contributed by atoms with E-state index in [2.05, 4.69) is 0 Å². The van der Waals surface area contributed by atoms with Gasteiger partial charge in [0.15, 0.2) is 0 Å². The van der Waals surface area contributed by atoms with Gasteiger partial charge in [0.05, 0.1) is 24.3 Å². The number of alkyl halides is 6. The Balaban J connectivity index is 2.63. The van der Waals surface area contributed by atoms with Crippen molar-refractivity contribution < 1.29 is 31.1 Å². The molecule has 0 aromatic heterocycles. The molecule has 0 spiro atoms. The van der Waals surface area contributed by atoms with Crippen LogP contribution in [0, 0.1) is 0 Å². The normalized spacial score (nSPS) is 12.3. The fraction of sp³-hybridized carbons (Fsp3) is 0.364. The quantitative estimate of drug-likeness (QED) is 0.840. The van der Waals surface area contributed by atoms with E-state index in [1.54, 1.807) is 5.32 Å². The van der Waals surface area contributed by atoms with Gasteiger partial charge in [0.1, 0.15) is 0 Å². The molecule has 0 atom stereocenters.